The lowest BCUT2D eigenvalue weighted by Gasteiger charge is -2.00. The molecule has 74 valence electrons. The predicted octanol–water partition coefficient (Wildman–Crippen LogP) is 1.34. The monoisotopic (exact) mass is 210 g/mol. The minimum Gasteiger partial charge on any atom is -0.369 e. The van der Waals surface area contributed by atoms with Crippen molar-refractivity contribution in [2.24, 2.45) is 21.7 Å². The van der Waals surface area contributed by atoms with Crippen LogP contribution in [-0.4, -0.2) is 11.7 Å². The average Bonchev–Trinajstić information content (AvgIpc) is 2.15. The van der Waals surface area contributed by atoms with Gasteiger partial charge in [-0.3, -0.25) is 0 Å². The van der Waals surface area contributed by atoms with E-state index in [0.29, 0.717) is 10.7 Å². The highest BCUT2D eigenvalue weighted by Gasteiger charge is 2.01. The number of rotatable bonds is 2. The van der Waals surface area contributed by atoms with Crippen LogP contribution in [0.15, 0.2) is 34.5 Å². The van der Waals surface area contributed by atoms with Crippen molar-refractivity contribution in [3.8, 4) is 0 Å². The van der Waals surface area contributed by atoms with E-state index < -0.39 is 0 Å². The average molecular weight is 211 g/mol. The number of benzene rings is 1. The normalized spacial score (nSPS) is 11.1. The summed E-state index contributed by atoms with van der Waals surface area (Å²) in [5.41, 5.74) is 11.8. The molecule has 0 radical (unpaired) electrons. The number of hydrogen-bond donors (Lipinski definition) is 2. The van der Waals surface area contributed by atoms with Crippen LogP contribution in [0.2, 0.25) is 5.02 Å². The van der Waals surface area contributed by atoms with Gasteiger partial charge in [-0.25, -0.2) is 0 Å². The summed E-state index contributed by atoms with van der Waals surface area (Å²) in [6.07, 6.45) is 0. The van der Waals surface area contributed by atoms with Gasteiger partial charge in [0.05, 0.1) is 5.71 Å². The van der Waals surface area contributed by atoms with Gasteiger partial charge >= 0.3 is 0 Å². The Hall–Kier alpha value is -1.55. The van der Waals surface area contributed by atoms with Gasteiger partial charge in [-0.1, -0.05) is 29.8 Å². The Labute approximate surface area is 87.3 Å². The minimum atomic E-state index is -0.0728. The fraction of sp³-hybridized carbons (Fsp3) is 0.111. The topological polar surface area (TPSA) is 76.8 Å². The quantitative estimate of drug-likeness (QED) is 0.439. The predicted molar refractivity (Wildman–Crippen MR) is 59.5 cm³/mol. The third-order valence-corrected chi connectivity index (χ3v) is 1.91. The van der Waals surface area contributed by atoms with E-state index in [-0.39, 0.29) is 5.96 Å². The first-order valence-corrected chi connectivity index (χ1v) is 4.37. The van der Waals surface area contributed by atoms with Crippen LogP contribution >= 0.6 is 11.6 Å². The van der Waals surface area contributed by atoms with Crippen LogP contribution in [-0.2, 0) is 0 Å². The highest BCUT2D eigenvalue weighted by atomic mass is 35.5. The minimum absolute atomic E-state index is 0.0728. The zero-order chi connectivity index (χ0) is 10.6. The van der Waals surface area contributed by atoms with E-state index in [1.165, 1.54) is 0 Å². The van der Waals surface area contributed by atoms with Crippen molar-refractivity contribution in [3.63, 3.8) is 0 Å². The Bertz CT molecular complexity index is 380. The van der Waals surface area contributed by atoms with E-state index in [9.17, 15) is 0 Å². The Balaban J connectivity index is 3.01. The first-order valence-electron chi connectivity index (χ1n) is 3.99. The van der Waals surface area contributed by atoms with Gasteiger partial charge in [0.1, 0.15) is 0 Å². The molecule has 0 saturated heterocycles. The summed E-state index contributed by atoms with van der Waals surface area (Å²) in [6, 6.07) is 7.35. The van der Waals surface area contributed by atoms with Gasteiger partial charge in [0.2, 0.25) is 5.96 Å². The van der Waals surface area contributed by atoms with Gasteiger partial charge in [0, 0.05) is 10.6 Å². The Morgan fingerprint density at radius 3 is 2.43 bits per heavy atom. The molecular formula is C9H11ClN4. The number of guanidine groups is 1. The summed E-state index contributed by atoms with van der Waals surface area (Å²) < 4.78 is 0. The first kappa shape index (κ1) is 10.5. The van der Waals surface area contributed by atoms with Gasteiger partial charge < -0.3 is 11.5 Å². The molecule has 0 aromatic heterocycles. The highest BCUT2D eigenvalue weighted by Crippen LogP contribution is 2.15. The van der Waals surface area contributed by atoms with Crippen molar-refractivity contribution >= 4 is 23.3 Å². The lowest BCUT2D eigenvalue weighted by Crippen LogP contribution is -2.22. The zero-order valence-corrected chi connectivity index (χ0v) is 8.49. The van der Waals surface area contributed by atoms with E-state index in [2.05, 4.69) is 10.2 Å². The van der Waals surface area contributed by atoms with E-state index >= 15 is 0 Å². The van der Waals surface area contributed by atoms with Crippen molar-refractivity contribution in [3.05, 3.63) is 34.9 Å². The maximum atomic E-state index is 5.94. The number of nitrogens with two attached hydrogens (primary N) is 2. The standard InChI is InChI=1S/C9H11ClN4/c1-6(13-14-9(11)12)7-4-2-3-5-8(7)10/h2-5H,1H3,(H4,11,12,14)/b13-6-. The van der Waals surface area contributed by atoms with E-state index in [1.807, 2.05) is 18.2 Å². The molecule has 14 heavy (non-hydrogen) atoms. The molecular weight excluding hydrogens is 200 g/mol. The summed E-state index contributed by atoms with van der Waals surface area (Å²) in [5, 5.41) is 7.99. The third-order valence-electron chi connectivity index (χ3n) is 1.58. The van der Waals surface area contributed by atoms with Crippen LogP contribution in [0.5, 0.6) is 0 Å². The molecule has 0 amide bonds. The molecule has 4 N–H and O–H groups in total. The molecule has 0 spiro atoms. The number of halogens is 1. The summed E-state index contributed by atoms with van der Waals surface area (Å²) >= 11 is 5.94. The Morgan fingerprint density at radius 2 is 1.86 bits per heavy atom. The van der Waals surface area contributed by atoms with Crippen molar-refractivity contribution in [2.45, 2.75) is 6.92 Å². The molecule has 0 atom stereocenters. The second kappa shape index (κ2) is 4.62. The maximum Gasteiger partial charge on any atom is 0.211 e. The van der Waals surface area contributed by atoms with Crippen LogP contribution in [0, 0.1) is 0 Å². The molecule has 4 nitrogen and oxygen atoms in total. The summed E-state index contributed by atoms with van der Waals surface area (Å²) in [6.45, 7) is 1.79. The zero-order valence-electron chi connectivity index (χ0n) is 7.74. The number of nitrogens with zero attached hydrogens (tertiary/aromatic N) is 2. The Morgan fingerprint density at radius 1 is 1.21 bits per heavy atom. The van der Waals surface area contributed by atoms with Gasteiger partial charge in [-0.15, -0.1) is 5.10 Å². The van der Waals surface area contributed by atoms with Crippen LogP contribution in [0.25, 0.3) is 0 Å². The van der Waals surface area contributed by atoms with E-state index in [4.69, 9.17) is 23.1 Å². The van der Waals surface area contributed by atoms with Crippen LogP contribution < -0.4 is 11.5 Å². The molecule has 0 saturated carbocycles. The highest BCUT2D eigenvalue weighted by molar-refractivity contribution is 6.34. The lowest BCUT2D eigenvalue weighted by molar-refractivity contribution is 1.20. The first-order chi connectivity index (χ1) is 6.61. The van der Waals surface area contributed by atoms with Gasteiger partial charge in [-0.2, -0.15) is 5.10 Å². The van der Waals surface area contributed by atoms with Crippen molar-refractivity contribution < 1.29 is 0 Å². The molecule has 0 aliphatic carbocycles. The fourth-order valence-electron chi connectivity index (χ4n) is 0.941. The molecule has 5 heteroatoms. The second-order valence-corrected chi connectivity index (χ2v) is 3.10. The molecule has 0 bridgehead atoms. The molecule has 0 aliphatic heterocycles. The SMILES string of the molecule is C/C(=N/N=C(N)N)c1ccccc1Cl. The van der Waals surface area contributed by atoms with Crippen LogP contribution in [0.4, 0.5) is 0 Å². The molecule has 0 heterocycles. The van der Waals surface area contributed by atoms with Crippen molar-refractivity contribution in [1.29, 1.82) is 0 Å². The fourth-order valence-corrected chi connectivity index (χ4v) is 1.21. The van der Waals surface area contributed by atoms with Crippen molar-refractivity contribution in [1.82, 2.24) is 0 Å². The molecule has 0 aliphatic rings. The van der Waals surface area contributed by atoms with Crippen LogP contribution in [0.3, 0.4) is 0 Å². The largest absolute Gasteiger partial charge is 0.369 e. The Kier molecular flexibility index (Phi) is 3.48. The summed E-state index contributed by atoms with van der Waals surface area (Å²) in [4.78, 5) is 0. The van der Waals surface area contributed by atoms with Gasteiger partial charge in [0.15, 0.2) is 0 Å². The number of hydrogen-bond acceptors (Lipinski definition) is 2. The molecule has 1 aromatic rings. The van der Waals surface area contributed by atoms with Gasteiger partial charge in [-0.05, 0) is 13.0 Å². The molecule has 0 unspecified atom stereocenters. The molecule has 0 fully saturated rings. The molecule has 1 rings (SSSR count). The van der Waals surface area contributed by atoms with Crippen LogP contribution in [0.1, 0.15) is 12.5 Å². The summed E-state index contributed by atoms with van der Waals surface area (Å²) in [5.74, 6) is -0.0728. The maximum absolute atomic E-state index is 5.94. The van der Waals surface area contributed by atoms with E-state index in [1.54, 1.807) is 13.0 Å². The lowest BCUT2D eigenvalue weighted by atomic mass is 10.1. The molecule has 1 aromatic carbocycles. The summed E-state index contributed by atoms with van der Waals surface area (Å²) in [7, 11) is 0. The van der Waals surface area contributed by atoms with Gasteiger partial charge in [0.25, 0.3) is 0 Å². The third kappa shape index (κ3) is 2.74. The van der Waals surface area contributed by atoms with E-state index in [0.717, 1.165) is 5.56 Å². The second-order valence-electron chi connectivity index (χ2n) is 2.69. The van der Waals surface area contributed by atoms with Crippen molar-refractivity contribution in [2.75, 3.05) is 0 Å². The smallest absolute Gasteiger partial charge is 0.211 e.